The van der Waals surface area contributed by atoms with Crippen molar-refractivity contribution in [1.82, 2.24) is 0 Å². The molecule has 1 heterocycles. The Bertz CT molecular complexity index is 149. The van der Waals surface area contributed by atoms with E-state index in [1.165, 1.54) is 0 Å². The highest BCUT2D eigenvalue weighted by atomic mass is 16.6. The summed E-state index contributed by atoms with van der Waals surface area (Å²) in [5, 5.41) is 8.66. The van der Waals surface area contributed by atoms with Crippen molar-refractivity contribution in [2.24, 2.45) is 0 Å². The molecule has 0 aromatic carbocycles. The molecule has 1 unspecified atom stereocenters. The van der Waals surface area contributed by atoms with E-state index in [-0.39, 0.29) is 0 Å². The number of hydrogen-bond donors (Lipinski definition) is 1. The van der Waals surface area contributed by atoms with Crippen molar-refractivity contribution in [3.8, 4) is 0 Å². The second kappa shape index (κ2) is 3.22. The van der Waals surface area contributed by atoms with E-state index in [9.17, 15) is 4.79 Å². The fourth-order valence-electron chi connectivity index (χ4n) is 1.05. The molecule has 3 heteroatoms. The molecule has 0 amide bonds. The largest absolute Gasteiger partial charge is 0.479 e. The highest BCUT2D eigenvalue weighted by molar-refractivity contribution is 5.80. The van der Waals surface area contributed by atoms with E-state index < -0.39 is 11.6 Å². The zero-order chi connectivity index (χ0) is 8.32. The minimum atomic E-state index is -0.818. The van der Waals surface area contributed by atoms with Gasteiger partial charge in [-0.25, -0.2) is 4.79 Å². The Labute approximate surface area is 66.4 Å². The molecule has 3 nitrogen and oxygen atoms in total. The van der Waals surface area contributed by atoms with E-state index in [2.05, 4.69) is 6.92 Å². The molecule has 1 aliphatic rings. The molecule has 1 rings (SSSR count). The number of carboxylic acid groups (broad SMARTS) is 1. The minimum absolute atomic E-state index is 0.388. The molecule has 1 fully saturated rings. The Hall–Kier alpha value is -0.570. The van der Waals surface area contributed by atoms with E-state index in [0.29, 0.717) is 13.0 Å². The molecule has 63 valence electrons. The summed E-state index contributed by atoms with van der Waals surface area (Å²) < 4.78 is 4.88. The first-order valence-electron chi connectivity index (χ1n) is 3.88. The van der Waals surface area contributed by atoms with Crippen LogP contribution in [0.2, 0.25) is 0 Å². The van der Waals surface area contributed by atoms with Crippen LogP contribution in [0.1, 0.15) is 25.7 Å². The molecule has 0 aromatic heterocycles. The number of epoxide rings is 1. The van der Waals surface area contributed by atoms with Crippen molar-refractivity contribution < 1.29 is 14.6 Å². The van der Waals surface area contributed by atoms with Gasteiger partial charge in [0.2, 0.25) is 0 Å². The smallest absolute Gasteiger partial charge is 0.338 e. The number of carboxylic acids is 1. The van der Waals surface area contributed by atoms with Crippen molar-refractivity contribution in [1.29, 1.82) is 0 Å². The molecule has 0 spiro atoms. The molecule has 1 radical (unpaired) electrons. The highest BCUT2D eigenvalue weighted by Crippen LogP contribution is 2.32. The van der Waals surface area contributed by atoms with Crippen molar-refractivity contribution in [3.63, 3.8) is 0 Å². The standard InChI is InChI=1S/C8H13O3/c1-2-3-4-5-8(6-11-8)7(9)10/h1-6H2,(H,9,10). The van der Waals surface area contributed by atoms with Crippen molar-refractivity contribution in [2.45, 2.75) is 31.3 Å². The maximum absolute atomic E-state index is 10.5. The molecule has 1 atom stereocenters. The highest BCUT2D eigenvalue weighted by Gasteiger charge is 2.51. The number of ether oxygens (including phenoxy) is 1. The molecular weight excluding hydrogens is 144 g/mol. The van der Waals surface area contributed by atoms with Gasteiger partial charge in [0.15, 0.2) is 5.60 Å². The molecule has 0 saturated carbocycles. The molecule has 0 bridgehead atoms. The summed E-state index contributed by atoms with van der Waals surface area (Å²) >= 11 is 0. The van der Waals surface area contributed by atoms with Crippen molar-refractivity contribution >= 4 is 5.97 Å². The summed E-state index contributed by atoms with van der Waals surface area (Å²) in [4.78, 5) is 10.5. The summed E-state index contributed by atoms with van der Waals surface area (Å²) in [6, 6.07) is 0. The fourth-order valence-corrected chi connectivity index (χ4v) is 1.05. The molecular formula is C8H13O3. The van der Waals surface area contributed by atoms with E-state index in [1.807, 2.05) is 0 Å². The van der Waals surface area contributed by atoms with Gasteiger partial charge in [-0.2, -0.15) is 0 Å². The lowest BCUT2D eigenvalue weighted by Crippen LogP contribution is -2.23. The van der Waals surface area contributed by atoms with Crippen LogP contribution in [-0.2, 0) is 9.53 Å². The molecule has 0 aromatic rings. The normalized spacial score (nSPS) is 28.5. The number of unbranched alkanes of at least 4 members (excludes halogenated alkanes) is 2. The van der Waals surface area contributed by atoms with E-state index in [1.54, 1.807) is 0 Å². The van der Waals surface area contributed by atoms with Crippen LogP contribution in [0.15, 0.2) is 0 Å². The molecule has 1 N–H and O–H groups in total. The van der Waals surface area contributed by atoms with Crippen LogP contribution in [-0.4, -0.2) is 23.3 Å². The van der Waals surface area contributed by atoms with Gasteiger partial charge in [-0.15, -0.1) is 0 Å². The van der Waals surface area contributed by atoms with Gasteiger partial charge in [0.05, 0.1) is 6.61 Å². The first kappa shape index (κ1) is 8.53. The Morgan fingerprint density at radius 2 is 2.27 bits per heavy atom. The Morgan fingerprint density at radius 3 is 2.64 bits per heavy atom. The topological polar surface area (TPSA) is 49.8 Å². The Kier molecular flexibility index (Phi) is 2.49. The average Bonchev–Trinajstić information content (AvgIpc) is 2.70. The number of carbonyl (C=O) groups is 1. The van der Waals surface area contributed by atoms with Crippen LogP contribution in [0, 0.1) is 6.92 Å². The third-order valence-corrected chi connectivity index (χ3v) is 1.96. The summed E-state index contributed by atoms with van der Waals surface area (Å²) in [5.41, 5.74) is -0.810. The number of aliphatic carboxylic acids is 1. The monoisotopic (exact) mass is 157 g/mol. The van der Waals surface area contributed by atoms with Gasteiger partial charge >= 0.3 is 5.97 Å². The lowest BCUT2D eigenvalue weighted by Gasteiger charge is -2.03. The zero-order valence-electron chi connectivity index (χ0n) is 6.51. The second-order valence-corrected chi connectivity index (χ2v) is 2.90. The maximum Gasteiger partial charge on any atom is 0.338 e. The van der Waals surface area contributed by atoms with Crippen LogP contribution in [0.4, 0.5) is 0 Å². The van der Waals surface area contributed by atoms with Crippen LogP contribution >= 0.6 is 0 Å². The lowest BCUT2D eigenvalue weighted by molar-refractivity contribution is -0.143. The van der Waals surface area contributed by atoms with E-state index in [0.717, 1.165) is 19.3 Å². The minimum Gasteiger partial charge on any atom is -0.479 e. The third kappa shape index (κ3) is 1.93. The summed E-state index contributed by atoms with van der Waals surface area (Å²) in [7, 11) is 0. The van der Waals surface area contributed by atoms with Crippen LogP contribution in [0.5, 0.6) is 0 Å². The van der Waals surface area contributed by atoms with Gasteiger partial charge < -0.3 is 9.84 Å². The van der Waals surface area contributed by atoms with E-state index in [4.69, 9.17) is 9.84 Å². The Balaban J connectivity index is 2.20. The Morgan fingerprint density at radius 1 is 1.64 bits per heavy atom. The third-order valence-electron chi connectivity index (χ3n) is 1.96. The summed E-state index contributed by atoms with van der Waals surface area (Å²) in [6.45, 7) is 4.07. The van der Waals surface area contributed by atoms with Gasteiger partial charge in [-0.05, 0) is 12.8 Å². The van der Waals surface area contributed by atoms with Gasteiger partial charge in [-0.3, -0.25) is 0 Å². The number of rotatable bonds is 5. The predicted octanol–water partition coefficient (Wildman–Crippen LogP) is 1.23. The first-order chi connectivity index (χ1) is 5.21. The van der Waals surface area contributed by atoms with Gasteiger partial charge in [-0.1, -0.05) is 19.8 Å². The van der Waals surface area contributed by atoms with E-state index >= 15 is 0 Å². The van der Waals surface area contributed by atoms with Crippen molar-refractivity contribution in [2.75, 3.05) is 6.61 Å². The summed E-state index contributed by atoms with van der Waals surface area (Å²) in [5.74, 6) is -0.818. The van der Waals surface area contributed by atoms with Gasteiger partial charge in [0.25, 0.3) is 0 Å². The zero-order valence-corrected chi connectivity index (χ0v) is 6.51. The predicted molar refractivity (Wildman–Crippen MR) is 40.1 cm³/mol. The SMILES string of the molecule is [CH2]CCCCC1(C(=O)O)CO1. The number of hydrogen-bond acceptors (Lipinski definition) is 2. The molecule has 11 heavy (non-hydrogen) atoms. The van der Waals surface area contributed by atoms with Crippen LogP contribution < -0.4 is 0 Å². The van der Waals surface area contributed by atoms with Gasteiger partial charge in [0, 0.05) is 0 Å². The van der Waals surface area contributed by atoms with Crippen molar-refractivity contribution in [3.05, 3.63) is 6.92 Å². The van der Waals surface area contributed by atoms with Crippen LogP contribution in [0.25, 0.3) is 0 Å². The molecule has 1 saturated heterocycles. The van der Waals surface area contributed by atoms with Crippen LogP contribution in [0.3, 0.4) is 0 Å². The summed E-state index contributed by atoms with van der Waals surface area (Å²) in [6.07, 6.45) is 3.39. The molecule has 0 aliphatic carbocycles. The quantitative estimate of drug-likeness (QED) is 0.482. The lowest BCUT2D eigenvalue weighted by atomic mass is 10.0. The van der Waals surface area contributed by atoms with Gasteiger partial charge in [0.1, 0.15) is 0 Å². The molecule has 1 aliphatic heterocycles. The second-order valence-electron chi connectivity index (χ2n) is 2.90. The fraction of sp³-hybridized carbons (Fsp3) is 0.750. The average molecular weight is 157 g/mol. The maximum atomic E-state index is 10.5. The first-order valence-corrected chi connectivity index (χ1v) is 3.88.